The number of hydrogen-bond donors (Lipinski definition) is 1. The van der Waals surface area contributed by atoms with E-state index in [2.05, 4.69) is 0 Å². The fourth-order valence-electron chi connectivity index (χ4n) is 2.93. The van der Waals surface area contributed by atoms with Gasteiger partial charge in [-0.3, -0.25) is 4.79 Å². The highest BCUT2D eigenvalue weighted by Gasteiger charge is 2.38. The molecule has 0 aromatic heterocycles. The molecule has 2 fully saturated rings. The summed E-state index contributed by atoms with van der Waals surface area (Å²) in [5, 5.41) is 9.09. The molecule has 0 spiro atoms. The molecule has 2 saturated heterocycles. The van der Waals surface area contributed by atoms with Crippen LogP contribution in [0.1, 0.15) is 19.8 Å². The van der Waals surface area contributed by atoms with Crippen LogP contribution in [0.25, 0.3) is 0 Å². The van der Waals surface area contributed by atoms with Crippen molar-refractivity contribution in [3.05, 3.63) is 0 Å². The normalized spacial score (nSPS) is 28.7. The number of rotatable bonds is 2. The summed E-state index contributed by atoms with van der Waals surface area (Å²) in [4.78, 5) is 26.9. The minimum absolute atomic E-state index is 0.0230. The number of hydrogen-bond acceptors (Lipinski definition) is 3. The van der Waals surface area contributed by atoms with E-state index < -0.39 is 11.9 Å². The SMILES string of the molecule is COC1CCN(C(=O)N2C[C@@H](C)[C@H](C(=O)O)C2)CC1. The average Bonchev–Trinajstić information content (AvgIpc) is 2.80. The lowest BCUT2D eigenvalue weighted by Gasteiger charge is -2.34. The zero-order valence-corrected chi connectivity index (χ0v) is 11.5. The van der Waals surface area contributed by atoms with Crippen molar-refractivity contribution in [1.82, 2.24) is 9.80 Å². The van der Waals surface area contributed by atoms with E-state index in [-0.39, 0.29) is 18.1 Å². The molecular weight excluding hydrogens is 248 g/mol. The van der Waals surface area contributed by atoms with E-state index in [9.17, 15) is 9.59 Å². The topological polar surface area (TPSA) is 70.1 Å². The average molecular weight is 270 g/mol. The molecule has 6 heteroatoms. The Morgan fingerprint density at radius 3 is 2.26 bits per heavy atom. The molecule has 0 unspecified atom stereocenters. The van der Waals surface area contributed by atoms with Gasteiger partial charge in [-0.2, -0.15) is 0 Å². The number of carboxylic acid groups (broad SMARTS) is 1. The molecule has 108 valence electrons. The predicted molar refractivity (Wildman–Crippen MR) is 68.9 cm³/mol. The van der Waals surface area contributed by atoms with Gasteiger partial charge < -0.3 is 19.6 Å². The summed E-state index contributed by atoms with van der Waals surface area (Å²) in [5.41, 5.74) is 0. The maximum atomic E-state index is 12.3. The number of aliphatic carboxylic acids is 1. The molecule has 2 aliphatic rings. The number of urea groups is 1. The highest BCUT2D eigenvalue weighted by atomic mass is 16.5. The maximum absolute atomic E-state index is 12.3. The van der Waals surface area contributed by atoms with Crippen LogP contribution < -0.4 is 0 Å². The number of ether oxygens (including phenoxy) is 1. The Morgan fingerprint density at radius 2 is 1.79 bits per heavy atom. The lowest BCUT2D eigenvalue weighted by Crippen LogP contribution is -2.47. The Balaban J connectivity index is 1.89. The standard InChI is InChI=1S/C13H22N2O4/c1-9-7-15(8-11(9)12(16)17)13(18)14-5-3-10(19-2)4-6-14/h9-11H,3-8H2,1-2H3,(H,16,17)/t9-,11-/m1/s1. The third-order valence-electron chi connectivity index (χ3n) is 4.25. The first-order valence-electron chi connectivity index (χ1n) is 6.82. The molecule has 2 aliphatic heterocycles. The van der Waals surface area contributed by atoms with Gasteiger partial charge in [0.15, 0.2) is 0 Å². The first-order valence-corrected chi connectivity index (χ1v) is 6.82. The Labute approximate surface area is 113 Å². The quantitative estimate of drug-likeness (QED) is 0.808. The van der Waals surface area contributed by atoms with Gasteiger partial charge in [0.05, 0.1) is 12.0 Å². The fourth-order valence-corrected chi connectivity index (χ4v) is 2.93. The van der Waals surface area contributed by atoms with Gasteiger partial charge in [-0.25, -0.2) is 4.79 Å². The second-order valence-corrected chi connectivity index (χ2v) is 5.53. The van der Waals surface area contributed by atoms with E-state index in [1.807, 2.05) is 11.8 Å². The van der Waals surface area contributed by atoms with Gasteiger partial charge in [0.2, 0.25) is 0 Å². The number of piperidine rings is 1. The minimum atomic E-state index is -0.805. The molecule has 2 amide bonds. The highest BCUT2D eigenvalue weighted by molar-refractivity contribution is 5.77. The number of amides is 2. The van der Waals surface area contributed by atoms with Gasteiger partial charge in [0.1, 0.15) is 0 Å². The summed E-state index contributed by atoms with van der Waals surface area (Å²) in [6.07, 6.45) is 1.95. The largest absolute Gasteiger partial charge is 0.481 e. The molecular formula is C13H22N2O4. The molecule has 0 aromatic rings. The van der Waals surface area contributed by atoms with Crippen molar-refractivity contribution in [2.45, 2.75) is 25.9 Å². The summed E-state index contributed by atoms with van der Waals surface area (Å²) >= 11 is 0. The van der Waals surface area contributed by atoms with Gasteiger partial charge in [-0.05, 0) is 18.8 Å². The van der Waals surface area contributed by atoms with Crippen molar-refractivity contribution in [2.75, 3.05) is 33.3 Å². The zero-order valence-electron chi connectivity index (χ0n) is 11.5. The molecule has 0 bridgehead atoms. The van der Waals surface area contributed by atoms with E-state index >= 15 is 0 Å². The third kappa shape index (κ3) is 3.00. The number of likely N-dealkylation sites (tertiary alicyclic amines) is 2. The molecule has 0 radical (unpaired) electrons. The molecule has 0 aromatic carbocycles. The molecule has 6 nitrogen and oxygen atoms in total. The number of methoxy groups -OCH3 is 1. The number of carbonyl (C=O) groups excluding carboxylic acids is 1. The molecule has 2 heterocycles. The van der Waals surface area contributed by atoms with Crippen LogP contribution in [0.3, 0.4) is 0 Å². The lowest BCUT2D eigenvalue weighted by atomic mass is 9.99. The van der Waals surface area contributed by atoms with Crippen LogP contribution in [-0.2, 0) is 9.53 Å². The summed E-state index contributed by atoms with van der Waals surface area (Å²) in [7, 11) is 1.70. The monoisotopic (exact) mass is 270 g/mol. The first-order chi connectivity index (χ1) is 9.02. The van der Waals surface area contributed by atoms with Gasteiger partial charge in [-0.15, -0.1) is 0 Å². The van der Waals surface area contributed by atoms with E-state index in [0.717, 1.165) is 12.8 Å². The predicted octanol–water partition coefficient (Wildman–Crippen LogP) is 0.870. The Bertz CT molecular complexity index is 353. The maximum Gasteiger partial charge on any atom is 0.320 e. The van der Waals surface area contributed by atoms with Crippen molar-refractivity contribution < 1.29 is 19.4 Å². The summed E-state index contributed by atoms with van der Waals surface area (Å²) in [5.74, 6) is -1.21. The second kappa shape index (κ2) is 5.77. The van der Waals surface area contributed by atoms with Crippen molar-refractivity contribution in [3.8, 4) is 0 Å². The molecule has 2 rings (SSSR count). The van der Waals surface area contributed by atoms with Gasteiger partial charge in [-0.1, -0.05) is 6.92 Å². The number of nitrogens with zero attached hydrogens (tertiary/aromatic N) is 2. The van der Waals surface area contributed by atoms with Crippen LogP contribution in [0.5, 0.6) is 0 Å². The first kappa shape index (κ1) is 14.1. The van der Waals surface area contributed by atoms with Crippen molar-refractivity contribution in [3.63, 3.8) is 0 Å². The van der Waals surface area contributed by atoms with Gasteiger partial charge in [0.25, 0.3) is 0 Å². The van der Waals surface area contributed by atoms with Crippen LogP contribution in [0.2, 0.25) is 0 Å². The van der Waals surface area contributed by atoms with Crippen LogP contribution in [0.15, 0.2) is 0 Å². The molecule has 2 atom stereocenters. The van der Waals surface area contributed by atoms with Crippen molar-refractivity contribution in [1.29, 1.82) is 0 Å². The number of carbonyl (C=O) groups is 2. The molecule has 0 aliphatic carbocycles. The summed E-state index contributed by atoms with van der Waals surface area (Å²) < 4.78 is 5.28. The molecule has 19 heavy (non-hydrogen) atoms. The van der Waals surface area contributed by atoms with Crippen molar-refractivity contribution >= 4 is 12.0 Å². The summed E-state index contributed by atoms with van der Waals surface area (Å²) in [6, 6.07) is -0.0230. The van der Waals surface area contributed by atoms with Crippen LogP contribution in [0.4, 0.5) is 4.79 Å². The third-order valence-corrected chi connectivity index (χ3v) is 4.25. The highest BCUT2D eigenvalue weighted by Crippen LogP contribution is 2.25. The van der Waals surface area contributed by atoms with Crippen LogP contribution in [-0.4, -0.2) is 66.3 Å². The fraction of sp³-hybridized carbons (Fsp3) is 0.846. The Kier molecular flexibility index (Phi) is 4.29. The lowest BCUT2D eigenvalue weighted by molar-refractivity contribution is -0.142. The van der Waals surface area contributed by atoms with E-state index in [1.165, 1.54) is 0 Å². The summed E-state index contributed by atoms with van der Waals surface area (Å²) in [6.45, 7) is 4.16. The smallest absolute Gasteiger partial charge is 0.320 e. The van der Waals surface area contributed by atoms with Crippen molar-refractivity contribution in [2.24, 2.45) is 11.8 Å². The Morgan fingerprint density at radius 1 is 1.16 bits per heavy atom. The zero-order chi connectivity index (χ0) is 14.0. The van der Waals surface area contributed by atoms with E-state index in [1.54, 1.807) is 12.0 Å². The van der Waals surface area contributed by atoms with E-state index in [0.29, 0.717) is 26.2 Å². The van der Waals surface area contributed by atoms with Gasteiger partial charge in [0, 0.05) is 33.3 Å². The van der Waals surface area contributed by atoms with Crippen LogP contribution in [0, 0.1) is 11.8 Å². The van der Waals surface area contributed by atoms with Crippen LogP contribution >= 0.6 is 0 Å². The molecule has 0 saturated carbocycles. The van der Waals surface area contributed by atoms with E-state index in [4.69, 9.17) is 9.84 Å². The number of carboxylic acids is 1. The van der Waals surface area contributed by atoms with Gasteiger partial charge >= 0.3 is 12.0 Å². The molecule has 1 N–H and O–H groups in total. The minimum Gasteiger partial charge on any atom is -0.481 e. The Hall–Kier alpha value is -1.30. The second-order valence-electron chi connectivity index (χ2n) is 5.53.